The number of rotatable bonds is 7. The maximum absolute atomic E-state index is 13.1. The quantitative estimate of drug-likeness (QED) is 0.676. The maximum Gasteiger partial charge on any atom is 0.408 e. The van der Waals surface area contributed by atoms with Crippen molar-refractivity contribution in [3.63, 3.8) is 0 Å². The van der Waals surface area contributed by atoms with E-state index in [4.69, 9.17) is 4.74 Å². The summed E-state index contributed by atoms with van der Waals surface area (Å²) >= 11 is 0. The molecule has 1 rings (SSSR count). The third kappa shape index (κ3) is 6.20. The highest BCUT2D eigenvalue weighted by Crippen LogP contribution is 2.27. The van der Waals surface area contributed by atoms with Crippen molar-refractivity contribution in [2.45, 2.75) is 76.6 Å². The Morgan fingerprint density at radius 2 is 1.92 bits per heavy atom. The number of piperidine rings is 1. The Labute approximate surface area is 155 Å². The Kier molecular flexibility index (Phi) is 7.86. The standard InChI is InChI=1S/C19H30N2O5/c1-6-9-13-11-8-12-15(17(23)24)21(13)16(22)14(10-7-2)20-18(25)26-19(3,4)5/h6-7,13-15H,1-2,8-12H2,3-5H3,(H,20,25)(H,23,24)/t13?,14?,15-/m0/s1. The van der Waals surface area contributed by atoms with Gasteiger partial charge in [-0.2, -0.15) is 0 Å². The van der Waals surface area contributed by atoms with Crippen LogP contribution in [0.1, 0.15) is 52.9 Å². The van der Waals surface area contributed by atoms with E-state index in [1.807, 2.05) is 0 Å². The zero-order chi connectivity index (χ0) is 19.9. The van der Waals surface area contributed by atoms with Crippen LogP contribution in [-0.4, -0.2) is 51.7 Å². The summed E-state index contributed by atoms with van der Waals surface area (Å²) in [5.74, 6) is -1.48. The molecule has 2 amide bonds. The van der Waals surface area contributed by atoms with Crippen molar-refractivity contribution in [3.05, 3.63) is 25.3 Å². The van der Waals surface area contributed by atoms with Crippen LogP contribution in [0, 0.1) is 0 Å². The third-order valence-corrected chi connectivity index (χ3v) is 4.11. The fraction of sp³-hybridized carbons (Fsp3) is 0.632. The topological polar surface area (TPSA) is 95.9 Å². The van der Waals surface area contributed by atoms with Crippen LogP contribution < -0.4 is 5.32 Å². The fourth-order valence-electron chi connectivity index (χ4n) is 3.10. The zero-order valence-electron chi connectivity index (χ0n) is 15.9. The Morgan fingerprint density at radius 1 is 1.27 bits per heavy atom. The number of aliphatic carboxylic acids is 1. The Balaban J connectivity index is 3.04. The van der Waals surface area contributed by atoms with Crippen LogP contribution in [0.5, 0.6) is 0 Å². The molecule has 0 radical (unpaired) electrons. The highest BCUT2D eigenvalue weighted by molar-refractivity contribution is 5.90. The average molecular weight is 366 g/mol. The normalized spacial score (nSPS) is 21.4. The van der Waals surface area contributed by atoms with Crippen molar-refractivity contribution in [2.24, 2.45) is 0 Å². The number of amides is 2. The summed E-state index contributed by atoms with van der Waals surface area (Å²) in [6.07, 6.45) is 4.98. The smallest absolute Gasteiger partial charge is 0.408 e. The summed E-state index contributed by atoms with van der Waals surface area (Å²) < 4.78 is 5.21. The fourth-order valence-corrected chi connectivity index (χ4v) is 3.10. The number of carbonyl (C=O) groups excluding carboxylic acids is 2. The van der Waals surface area contributed by atoms with E-state index in [0.717, 1.165) is 6.42 Å². The molecule has 26 heavy (non-hydrogen) atoms. The molecule has 1 heterocycles. The molecule has 0 spiro atoms. The van der Waals surface area contributed by atoms with E-state index in [9.17, 15) is 19.5 Å². The Bertz CT molecular complexity index is 553. The molecule has 3 atom stereocenters. The van der Waals surface area contributed by atoms with Crippen LogP contribution in [0.25, 0.3) is 0 Å². The zero-order valence-corrected chi connectivity index (χ0v) is 15.9. The molecule has 1 aliphatic heterocycles. The van der Waals surface area contributed by atoms with Crippen LogP contribution in [0.4, 0.5) is 4.79 Å². The number of carboxylic acid groups (broad SMARTS) is 1. The second-order valence-corrected chi connectivity index (χ2v) is 7.43. The highest BCUT2D eigenvalue weighted by Gasteiger charge is 2.40. The maximum atomic E-state index is 13.1. The molecule has 0 aliphatic carbocycles. The summed E-state index contributed by atoms with van der Waals surface area (Å²) in [5.41, 5.74) is -0.702. The molecule has 2 unspecified atom stereocenters. The van der Waals surface area contributed by atoms with E-state index in [1.165, 1.54) is 11.0 Å². The van der Waals surface area contributed by atoms with Crippen LogP contribution >= 0.6 is 0 Å². The van der Waals surface area contributed by atoms with Crippen molar-refractivity contribution in [1.29, 1.82) is 0 Å². The van der Waals surface area contributed by atoms with E-state index in [1.54, 1.807) is 26.8 Å². The molecule has 1 aliphatic rings. The summed E-state index contributed by atoms with van der Waals surface area (Å²) in [6, 6.07) is -2.08. The summed E-state index contributed by atoms with van der Waals surface area (Å²) in [4.78, 5) is 38.2. The number of carbonyl (C=O) groups is 3. The first-order valence-corrected chi connectivity index (χ1v) is 8.87. The van der Waals surface area contributed by atoms with Gasteiger partial charge >= 0.3 is 12.1 Å². The molecular formula is C19H30N2O5. The third-order valence-electron chi connectivity index (χ3n) is 4.11. The van der Waals surface area contributed by atoms with E-state index in [-0.39, 0.29) is 12.5 Å². The first-order chi connectivity index (χ1) is 12.1. The molecule has 7 nitrogen and oxygen atoms in total. The van der Waals surface area contributed by atoms with Gasteiger partial charge in [0, 0.05) is 6.04 Å². The van der Waals surface area contributed by atoms with Gasteiger partial charge in [0.25, 0.3) is 0 Å². The van der Waals surface area contributed by atoms with Crippen molar-refractivity contribution in [3.8, 4) is 0 Å². The lowest BCUT2D eigenvalue weighted by molar-refractivity contribution is -0.156. The first kappa shape index (κ1) is 21.7. The van der Waals surface area contributed by atoms with Crippen LogP contribution in [-0.2, 0) is 14.3 Å². The van der Waals surface area contributed by atoms with Crippen molar-refractivity contribution < 1.29 is 24.2 Å². The average Bonchev–Trinajstić information content (AvgIpc) is 2.52. The SMILES string of the molecule is C=CCC(NC(=O)OC(C)(C)C)C(=O)N1C(CC=C)CCC[C@H]1C(=O)O. The first-order valence-electron chi connectivity index (χ1n) is 8.87. The summed E-state index contributed by atoms with van der Waals surface area (Å²) in [6.45, 7) is 12.5. The van der Waals surface area contributed by atoms with Gasteiger partial charge in [0.05, 0.1) is 0 Å². The summed E-state index contributed by atoms with van der Waals surface area (Å²) in [5, 5.41) is 12.1. The predicted molar refractivity (Wildman–Crippen MR) is 98.7 cm³/mol. The van der Waals surface area contributed by atoms with Gasteiger partial charge in [0.15, 0.2) is 0 Å². The van der Waals surface area contributed by atoms with Crippen molar-refractivity contribution in [1.82, 2.24) is 10.2 Å². The molecule has 1 fully saturated rings. The van der Waals surface area contributed by atoms with Crippen molar-refractivity contribution in [2.75, 3.05) is 0 Å². The predicted octanol–water partition coefficient (Wildman–Crippen LogP) is 2.87. The minimum Gasteiger partial charge on any atom is -0.480 e. The second kappa shape index (κ2) is 9.40. The largest absolute Gasteiger partial charge is 0.480 e. The molecule has 0 saturated carbocycles. The number of likely N-dealkylation sites (tertiary alicyclic amines) is 1. The van der Waals surface area contributed by atoms with E-state index in [2.05, 4.69) is 18.5 Å². The van der Waals surface area contributed by atoms with Gasteiger partial charge in [-0.3, -0.25) is 4.79 Å². The lowest BCUT2D eigenvalue weighted by Crippen LogP contribution is -2.59. The Morgan fingerprint density at radius 3 is 2.42 bits per heavy atom. The molecular weight excluding hydrogens is 336 g/mol. The minimum atomic E-state index is -1.04. The lowest BCUT2D eigenvalue weighted by atomic mass is 9.92. The van der Waals surface area contributed by atoms with E-state index >= 15 is 0 Å². The molecule has 2 N–H and O–H groups in total. The van der Waals surface area contributed by atoms with Gasteiger partial charge in [0.2, 0.25) is 5.91 Å². The molecule has 7 heteroatoms. The molecule has 0 bridgehead atoms. The van der Waals surface area contributed by atoms with E-state index < -0.39 is 35.7 Å². The molecule has 1 saturated heterocycles. The highest BCUT2D eigenvalue weighted by atomic mass is 16.6. The van der Waals surface area contributed by atoms with Crippen LogP contribution in [0.15, 0.2) is 25.3 Å². The van der Waals surface area contributed by atoms with Gasteiger partial charge in [-0.05, 0) is 52.9 Å². The number of nitrogens with one attached hydrogen (secondary N) is 1. The monoisotopic (exact) mass is 366 g/mol. The Hall–Kier alpha value is -2.31. The van der Waals surface area contributed by atoms with Gasteiger partial charge in [-0.1, -0.05) is 12.2 Å². The van der Waals surface area contributed by atoms with Crippen molar-refractivity contribution >= 4 is 18.0 Å². The van der Waals surface area contributed by atoms with Gasteiger partial charge < -0.3 is 20.1 Å². The molecule has 0 aromatic heterocycles. The van der Waals surface area contributed by atoms with Gasteiger partial charge in [0.1, 0.15) is 17.7 Å². The minimum absolute atomic E-state index is 0.182. The van der Waals surface area contributed by atoms with Gasteiger partial charge in [-0.15, -0.1) is 13.2 Å². The lowest BCUT2D eigenvalue weighted by Gasteiger charge is -2.41. The summed E-state index contributed by atoms with van der Waals surface area (Å²) in [7, 11) is 0. The second-order valence-electron chi connectivity index (χ2n) is 7.43. The van der Waals surface area contributed by atoms with Crippen LogP contribution in [0.3, 0.4) is 0 Å². The number of ether oxygens (including phenoxy) is 1. The van der Waals surface area contributed by atoms with Crippen LogP contribution in [0.2, 0.25) is 0 Å². The number of hydrogen-bond donors (Lipinski definition) is 2. The number of hydrogen-bond acceptors (Lipinski definition) is 4. The molecule has 146 valence electrons. The van der Waals surface area contributed by atoms with E-state index in [0.29, 0.717) is 19.3 Å². The number of alkyl carbamates (subject to hydrolysis) is 1. The number of carboxylic acids is 1. The number of nitrogens with zero attached hydrogens (tertiary/aromatic N) is 1. The molecule has 0 aromatic rings. The van der Waals surface area contributed by atoms with Gasteiger partial charge in [-0.25, -0.2) is 9.59 Å². The molecule has 0 aromatic carbocycles.